The largest absolute Gasteiger partial charge is 0.444 e. The number of carbonyl (C=O) groups is 2. The van der Waals surface area contributed by atoms with Crippen LogP contribution in [0.25, 0.3) is 0 Å². The van der Waals surface area contributed by atoms with Gasteiger partial charge >= 0.3 is 6.09 Å². The van der Waals surface area contributed by atoms with Gasteiger partial charge in [0.15, 0.2) is 0 Å². The molecule has 22 heavy (non-hydrogen) atoms. The molecular formula is C14H18F2N2O4. The third-order valence-corrected chi connectivity index (χ3v) is 2.41. The van der Waals surface area contributed by atoms with Crippen LogP contribution in [0.15, 0.2) is 18.2 Å². The third kappa shape index (κ3) is 4.96. The number of hydroxylamine groups is 1. The maximum absolute atomic E-state index is 13.8. The molecule has 0 saturated carbocycles. The Morgan fingerprint density at radius 2 is 1.73 bits per heavy atom. The van der Waals surface area contributed by atoms with E-state index in [9.17, 15) is 18.4 Å². The highest BCUT2D eigenvalue weighted by atomic mass is 19.1. The van der Waals surface area contributed by atoms with Crippen LogP contribution in [0.2, 0.25) is 0 Å². The Morgan fingerprint density at radius 3 is 2.18 bits per heavy atom. The molecule has 0 aliphatic heterocycles. The van der Waals surface area contributed by atoms with E-state index in [1.54, 1.807) is 20.8 Å². The average Bonchev–Trinajstić information content (AvgIpc) is 2.35. The van der Waals surface area contributed by atoms with Crippen LogP contribution in [-0.4, -0.2) is 24.7 Å². The van der Waals surface area contributed by atoms with Gasteiger partial charge in [-0.25, -0.2) is 19.1 Å². The topological polar surface area (TPSA) is 76.7 Å². The first-order valence-corrected chi connectivity index (χ1v) is 6.42. The van der Waals surface area contributed by atoms with Crippen LogP contribution in [-0.2, 0) is 14.4 Å². The Balaban J connectivity index is 3.09. The lowest BCUT2D eigenvalue weighted by Gasteiger charge is -2.23. The Kier molecular flexibility index (Phi) is 5.81. The Bertz CT molecular complexity index is 538. The molecule has 1 rings (SSSR count). The lowest BCUT2D eigenvalue weighted by molar-refractivity contribution is -0.133. The van der Waals surface area contributed by atoms with Gasteiger partial charge in [-0.3, -0.25) is 9.63 Å². The van der Waals surface area contributed by atoms with E-state index >= 15 is 0 Å². The van der Waals surface area contributed by atoms with Gasteiger partial charge < -0.3 is 10.1 Å². The molecule has 122 valence electrons. The van der Waals surface area contributed by atoms with Crippen molar-refractivity contribution >= 4 is 12.0 Å². The van der Waals surface area contributed by atoms with Crippen LogP contribution in [0.1, 0.15) is 32.4 Å². The van der Waals surface area contributed by atoms with Crippen LogP contribution in [0.3, 0.4) is 0 Å². The first-order valence-electron chi connectivity index (χ1n) is 6.42. The summed E-state index contributed by atoms with van der Waals surface area (Å²) in [5, 5.41) is 2.12. The van der Waals surface area contributed by atoms with Crippen molar-refractivity contribution in [2.45, 2.75) is 32.4 Å². The minimum Gasteiger partial charge on any atom is -0.444 e. The molecule has 1 aromatic rings. The monoisotopic (exact) mass is 316 g/mol. The maximum atomic E-state index is 13.8. The predicted octanol–water partition coefficient (Wildman–Crippen LogP) is 2.21. The standard InChI is InChI=1S/C14H18F2N2O4/c1-14(2,3)22-13(20)17-11(12(19)18-21-4)10-8(15)6-5-7-9(10)16/h5-7,11H,1-4H3,(H,17,20)(H,18,19). The normalized spacial score (nSPS) is 12.5. The average molecular weight is 316 g/mol. The molecule has 8 heteroatoms. The molecule has 2 N–H and O–H groups in total. The molecule has 0 fully saturated rings. The SMILES string of the molecule is CONC(=O)C(NC(=O)OC(C)(C)C)c1c(F)cccc1F. The molecule has 0 aliphatic carbocycles. The highest BCUT2D eigenvalue weighted by Gasteiger charge is 2.30. The van der Waals surface area contributed by atoms with Crippen LogP contribution in [0.4, 0.5) is 13.6 Å². The van der Waals surface area contributed by atoms with E-state index in [1.807, 2.05) is 5.48 Å². The summed E-state index contributed by atoms with van der Waals surface area (Å²) in [6, 6.07) is 1.45. The molecule has 0 saturated heterocycles. The van der Waals surface area contributed by atoms with Gasteiger partial charge in [0.25, 0.3) is 5.91 Å². The van der Waals surface area contributed by atoms with Crippen molar-refractivity contribution in [2.75, 3.05) is 7.11 Å². The van der Waals surface area contributed by atoms with Gasteiger partial charge in [-0.15, -0.1) is 0 Å². The van der Waals surface area contributed by atoms with E-state index in [4.69, 9.17) is 4.74 Å². The van der Waals surface area contributed by atoms with Crippen LogP contribution in [0.5, 0.6) is 0 Å². The fourth-order valence-corrected chi connectivity index (χ4v) is 1.64. The quantitative estimate of drug-likeness (QED) is 0.835. The molecule has 0 bridgehead atoms. The molecule has 0 aliphatic rings. The predicted molar refractivity (Wildman–Crippen MR) is 73.6 cm³/mol. The zero-order valence-corrected chi connectivity index (χ0v) is 12.7. The number of ether oxygens (including phenoxy) is 1. The van der Waals surface area contributed by atoms with E-state index in [-0.39, 0.29) is 0 Å². The summed E-state index contributed by atoms with van der Waals surface area (Å²) in [5.74, 6) is -2.91. The lowest BCUT2D eigenvalue weighted by Crippen LogP contribution is -2.43. The number of halogens is 2. The van der Waals surface area contributed by atoms with E-state index in [0.29, 0.717) is 0 Å². The smallest absolute Gasteiger partial charge is 0.408 e. The van der Waals surface area contributed by atoms with Gasteiger partial charge in [0, 0.05) is 0 Å². The molecule has 1 aromatic carbocycles. The molecule has 6 nitrogen and oxygen atoms in total. The second-order valence-electron chi connectivity index (χ2n) is 5.39. The first-order chi connectivity index (χ1) is 10.2. The Morgan fingerprint density at radius 1 is 1.18 bits per heavy atom. The minimum absolute atomic E-state index is 0.608. The maximum Gasteiger partial charge on any atom is 0.408 e. The molecule has 1 atom stereocenters. The third-order valence-electron chi connectivity index (χ3n) is 2.41. The molecule has 0 aromatic heterocycles. The van der Waals surface area contributed by atoms with Gasteiger partial charge in [-0.2, -0.15) is 0 Å². The molecule has 2 amide bonds. The number of hydrogen-bond donors (Lipinski definition) is 2. The summed E-state index contributed by atoms with van der Waals surface area (Å²) in [5.41, 5.74) is 0.483. The first kappa shape index (κ1) is 17.8. The second-order valence-corrected chi connectivity index (χ2v) is 5.39. The number of hydrogen-bond acceptors (Lipinski definition) is 4. The van der Waals surface area contributed by atoms with E-state index in [2.05, 4.69) is 10.2 Å². The zero-order valence-electron chi connectivity index (χ0n) is 12.7. The van der Waals surface area contributed by atoms with E-state index in [0.717, 1.165) is 25.3 Å². The van der Waals surface area contributed by atoms with Crippen molar-refractivity contribution in [3.8, 4) is 0 Å². The fraction of sp³-hybridized carbons (Fsp3) is 0.429. The van der Waals surface area contributed by atoms with E-state index in [1.165, 1.54) is 0 Å². The molecular weight excluding hydrogens is 298 g/mol. The number of alkyl carbamates (subject to hydrolysis) is 1. The molecule has 1 unspecified atom stereocenters. The number of carbonyl (C=O) groups excluding carboxylic acids is 2. The van der Waals surface area contributed by atoms with E-state index < -0.39 is 40.8 Å². The lowest BCUT2D eigenvalue weighted by atomic mass is 10.1. The fourth-order valence-electron chi connectivity index (χ4n) is 1.64. The highest BCUT2D eigenvalue weighted by molar-refractivity contribution is 5.86. The second kappa shape index (κ2) is 7.17. The summed E-state index contributed by atoms with van der Waals surface area (Å²) < 4.78 is 32.7. The van der Waals surface area contributed by atoms with Gasteiger partial charge in [-0.05, 0) is 32.9 Å². The Hall–Kier alpha value is -2.22. The number of amides is 2. The van der Waals surface area contributed by atoms with Crippen LogP contribution < -0.4 is 10.8 Å². The van der Waals surface area contributed by atoms with Gasteiger partial charge in [0.2, 0.25) is 0 Å². The summed E-state index contributed by atoms with van der Waals surface area (Å²) in [4.78, 5) is 28.1. The van der Waals surface area contributed by atoms with Crippen molar-refractivity contribution in [1.82, 2.24) is 10.8 Å². The van der Waals surface area contributed by atoms with Crippen molar-refractivity contribution in [3.63, 3.8) is 0 Å². The molecule has 0 radical (unpaired) electrons. The van der Waals surface area contributed by atoms with Gasteiger partial charge in [0.05, 0.1) is 12.7 Å². The number of nitrogens with one attached hydrogen (secondary N) is 2. The summed E-state index contributed by atoms with van der Waals surface area (Å²) in [7, 11) is 1.15. The van der Waals surface area contributed by atoms with Gasteiger partial charge in [0.1, 0.15) is 23.3 Å². The van der Waals surface area contributed by atoms with Crippen molar-refractivity contribution in [1.29, 1.82) is 0 Å². The number of rotatable bonds is 4. The number of benzene rings is 1. The summed E-state index contributed by atoms with van der Waals surface area (Å²) in [6.45, 7) is 4.83. The summed E-state index contributed by atoms with van der Waals surface area (Å²) in [6.07, 6.45) is -0.994. The summed E-state index contributed by atoms with van der Waals surface area (Å²) >= 11 is 0. The minimum atomic E-state index is -1.64. The van der Waals surface area contributed by atoms with Crippen molar-refractivity contribution in [3.05, 3.63) is 35.4 Å². The zero-order chi connectivity index (χ0) is 16.9. The van der Waals surface area contributed by atoms with Crippen molar-refractivity contribution in [2.24, 2.45) is 0 Å². The molecule has 0 spiro atoms. The Labute approximate surface area is 126 Å². The van der Waals surface area contributed by atoms with Gasteiger partial charge in [-0.1, -0.05) is 6.07 Å². The molecule has 0 heterocycles. The van der Waals surface area contributed by atoms with Crippen LogP contribution >= 0.6 is 0 Å². The van der Waals surface area contributed by atoms with Crippen molar-refractivity contribution < 1.29 is 27.9 Å². The highest BCUT2D eigenvalue weighted by Crippen LogP contribution is 2.21. The van der Waals surface area contributed by atoms with Crippen LogP contribution in [0, 0.1) is 11.6 Å².